The highest BCUT2D eigenvalue weighted by Crippen LogP contribution is 2.43. The standard InChI is InChI=1S/C14H16N6O2S.C13H16N6O2S.C12H14N6O2S.C11H11IN6O2S/c1-18-7-11(20-14(21)19(2)16-17-20)10(12(18)9-3-4-9)8-22-13-15-5-6-23-13;1-4-10-9(8-21-12-14-5-6-22-12)11(7-17(10)2)19-13(20)18(3)15-16-19;1-8-9(7-20-11-13-4-5-21-11)10(6-16(8)2)18-12(19)17(3)14-15-18;1-16-5-8(18-11(19)17(2)14-15-18)7(9(16)12)6-20-10-13-3-4-21-10/h5-7,9H,3-4,8H2,1-2H3;5-7H,4,8H2,1-3H3;4-6H,7H2,1-3H3;3-5H,6H2,1-2H3/i2*5T;4T;3T. The van der Waals surface area contributed by atoms with Crippen molar-refractivity contribution >= 4 is 67.9 Å². The van der Waals surface area contributed by atoms with Crippen LogP contribution in [-0.4, -0.2) is 117 Å². The molecule has 37 heteroatoms. The molecule has 0 unspecified atom stereocenters. The average molecular weight is 1390 g/mol. The number of nitrogens with zero attached hydrogens (tertiary/aromatic N) is 24. The van der Waals surface area contributed by atoms with Gasteiger partial charge in [0.2, 0.25) is 0 Å². The highest BCUT2D eigenvalue weighted by molar-refractivity contribution is 14.1. The molecule has 12 aromatic heterocycles. The molecule has 0 aliphatic heterocycles. The lowest BCUT2D eigenvalue weighted by atomic mass is 10.1. The van der Waals surface area contributed by atoms with Crippen molar-refractivity contribution in [2.75, 3.05) is 0 Å². The van der Waals surface area contributed by atoms with Crippen molar-refractivity contribution in [3.63, 3.8) is 0 Å². The van der Waals surface area contributed by atoms with Crippen molar-refractivity contribution in [1.29, 1.82) is 0 Å². The van der Waals surface area contributed by atoms with Crippen LogP contribution in [0.25, 0.3) is 22.7 Å². The van der Waals surface area contributed by atoms with Gasteiger partial charge in [-0.25, -0.2) is 39.1 Å². The number of rotatable bonds is 18. The van der Waals surface area contributed by atoms with Crippen molar-refractivity contribution in [2.45, 2.75) is 65.5 Å². The average Bonchev–Trinajstić information content (AvgIpc) is 1.66. The highest BCUT2D eigenvalue weighted by atomic mass is 127. The van der Waals surface area contributed by atoms with E-state index in [-0.39, 0.29) is 73.9 Å². The molecule has 1 saturated carbocycles. The second-order valence-electron chi connectivity index (χ2n) is 19.1. The Bertz CT molecular complexity index is 4640. The van der Waals surface area contributed by atoms with Gasteiger partial charge in [-0.3, -0.25) is 0 Å². The maximum atomic E-state index is 12.2. The van der Waals surface area contributed by atoms with Gasteiger partial charge in [0.15, 0.2) is 0 Å². The smallest absolute Gasteiger partial charge is 0.368 e. The number of ether oxygens (including phenoxy) is 4. The van der Waals surface area contributed by atoms with Crippen molar-refractivity contribution in [3.8, 4) is 43.5 Å². The zero-order valence-electron chi connectivity index (χ0n) is 52.2. The van der Waals surface area contributed by atoms with Crippen molar-refractivity contribution in [3.05, 3.63) is 156 Å². The molecule has 0 atom stereocenters. The summed E-state index contributed by atoms with van der Waals surface area (Å²) < 4.78 is 70.8. The van der Waals surface area contributed by atoms with Gasteiger partial charge in [0.05, 0.1) is 31.9 Å². The van der Waals surface area contributed by atoms with Crippen molar-refractivity contribution in [1.82, 2.24) is 117 Å². The lowest BCUT2D eigenvalue weighted by Crippen LogP contribution is -2.22. The zero-order valence-corrected chi connectivity index (χ0v) is 53.6. The maximum absolute atomic E-state index is 12.2. The number of aryl methyl sites for hydroxylation is 8. The number of hydrogen-bond acceptors (Lipinski definition) is 24. The summed E-state index contributed by atoms with van der Waals surface area (Å²) in [5, 5.41) is 38.7. The molecule has 0 saturated heterocycles. The van der Waals surface area contributed by atoms with Gasteiger partial charge in [0.25, 0.3) is 20.8 Å². The normalized spacial score (nSPS) is 12.5. The quantitative estimate of drug-likeness (QED) is 0.111. The van der Waals surface area contributed by atoms with Crippen LogP contribution in [-0.2, 0) is 89.2 Å². The van der Waals surface area contributed by atoms with Crippen LogP contribution in [0.2, 0.25) is 0 Å². The van der Waals surface area contributed by atoms with Gasteiger partial charge >= 0.3 is 22.8 Å². The maximum Gasteiger partial charge on any atom is 0.368 e. The van der Waals surface area contributed by atoms with E-state index in [1.165, 1.54) is 78.1 Å². The third kappa shape index (κ3) is 13.4. The van der Waals surface area contributed by atoms with Gasteiger partial charge in [-0.05, 0) is 96.4 Å². The second kappa shape index (κ2) is 26.8. The van der Waals surface area contributed by atoms with Gasteiger partial charge in [0, 0.05) is 167 Å². The first-order chi connectivity index (χ1) is 43.5. The first-order valence-corrected chi connectivity index (χ1v) is 30.6. The molecule has 1 fully saturated rings. The minimum absolute atomic E-state index is 0.174. The molecule has 0 radical (unpaired) electrons. The Morgan fingerprint density at radius 3 is 1.17 bits per heavy atom. The summed E-state index contributed by atoms with van der Waals surface area (Å²) in [7, 11) is 13.8. The molecule has 13 rings (SSSR count). The number of tetrazole rings is 4. The van der Waals surface area contributed by atoms with E-state index < -0.39 is 0 Å². The highest BCUT2D eigenvalue weighted by Gasteiger charge is 2.32. The molecular formula is C50H57IN24O8S4. The second-order valence-corrected chi connectivity index (χ2v) is 23.4. The summed E-state index contributed by atoms with van der Waals surface area (Å²) in [4.78, 5) is 64.3. The third-order valence-corrected chi connectivity index (χ3v) is 17.4. The molecule has 0 aromatic carbocycles. The molecule has 87 heavy (non-hydrogen) atoms. The topological polar surface area (TPSA) is 319 Å². The Hall–Kier alpha value is -8.95. The fraction of sp³-hybridized carbons (Fsp3) is 0.360. The monoisotopic (exact) mass is 1380 g/mol. The Labute approximate surface area is 528 Å². The van der Waals surface area contributed by atoms with Gasteiger partial charge in [-0.2, -0.15) is 37.5 Å². The zero-order chi connectivity index (χ0) is 65.1. The summed E-state index contributed by atoms with van der Waals surface area (Å²) in [6, 6.07) is 0. The van der Waals surface area contributed by atoms with Crippen molar-refractivity contribution < 1.29 is 24.4 Å². The number of halogens is 1. The van der Waals surface area contributed by atoms with Gasteiger partial charge in [-0.15, -0.1) is 0 Å². The molecular weight excluding hydrogens is 1320 g/mol. The number of aromatic nitrogens is 24. The molecule has 1 aliphatic rings. The van der Waals surface area contributed by atoms with E-state index in [9.17, 15) is 19.2 Å². The summed E-state index contributed by atoms with van der Waals surface area (Å²) in [6.07, 6.45) is 11.1. The lowest BCUT2D eigenvalue weighted by Gasteiger charge is -2.08. The van der Waals surface area contributed by atoms with Crippen LogP contribution in [0.3, 0.4) is 0 Å². The Morgan fingerprint density at radius 1 is 0.471 bits per heavy atom. The number of thiazole rings is 4. The van der Waals surface area contributed by atoms with Crippen LogP contribution in [0.15, 0.2) is 90.2 Å². The molecule has 12 aromatic rings. The van der Waals surface area contributed by atoms with Crippen LogP contribution in [0.1, 0.15) is 70.5 Å². The molecule has 12 heterocycles. The summed E-state index contributed by atoms with van der Waals surface area (Å²) in [6.45, 7) is 4.95. The van der Waals surface area contributed by atoms with Crippen LogP contribution in [0.5, 0.6) is 20.8 Å². The van der Waals surface area contributed by atoms with Crippen LogP contribution in [0.4, 0.5) is 0 Å². The molecule has 32 nitrogen and oxygen atoms in total. The summed E-state index contributed by atoms with van der Waals surface area (Å²) in [5.41, 5.74) is 7.87. The predicted octanol–water partition coefficient (Wildman–Crippen LogP) is 3.71. The lowest BCUT2D eigenvalue weighted by molar-refractivity contribution is 0.302. The SMILES string of the molecule is [3H]c1csc(OCc2c(-n3nnn(C)c3=O)cn(C)c2C)n1.[3H]c1csc(OCc2c(-n3nnn(C)c3=O)cn(C)c2C2CC2)n1.[3H]c1csc(OCc2c(-n3nnn(C)c3=O)cn(C)c2CC)n1.[3H]c1csc(OCc2c(-n3nnn(C)c3=O)cn(C)c2I)n1. The minimum atomic E-state index is -0.328. The van der Waals surface area contributed by atoms with E-state index in [4.69, 9.17) is 24.4 Å². The van der Waals surface area contributed by atoms with E-state index in [1.54, 1.807) is 55.9 Å². The Balaban J connectivity index is 0.000000133. The minimum Gasteiger partial charge on any atom is -0.465 e. The predicted molar refractivity (Wildman–Crippen MR) is 327 cm³/mol. The fourth-order valence-electron chi connectivity index (χ4n) is 8.86. The van der Waals surface area contributed by atoms with Crippen molar-refractivity contribution in [2.24, 2.45) is 56.4 Å². The molecule has 456 valence electrons. The number of hydrogen-bond donors (Lipinski definition) is 0. The molecule has 0 amide bonds. The van der Waals surface area contributed by atoms with Gasteiger partial charge < -0.3 is 37.2 Å². The third-order valence-electron chi connectivity index (χ3n) is 13.4. The van der Waals surface area contributed by atoms with E-state index in [2.05, 4.69) is 84.2 Å². The molecule has 0 N–H and O–H groups in total. The van der Waals surface area contributed by atoms with Crippen LogP contribution < -0.4 is 41.7 Å². The molecule has 0 bridgehead atoms. The van der Waals surface area contributed by atoms with Crippen LogP contribution >= 0.6 is 67.9 Å². The van der Waals surface area contributed by atoms with E-state index in [1.807, 2.05) is 78.9 Å². The molecule has 1 aliphatic carbocycles. The van der Waals surface area contributed by atoms with Gasteiger partial charge in [0.1, 0.15) is 26.4 Å². The van der Waals surface area contributed by atoms with Crippen LogP contribution in [0, 0.1) is 10.6 Å². The summed E-state index contributed by atoms with van der Waals surface area (Å²) in [5.74, 6) is 0.484. The largest absolute Gasteiger partial charge is 0.465 e. The fourth-order valence-corrected chi connectivity index (χ4v) is 11.2. The van der Waals surface area contributed by atoms with E-state index in [0.717, 1.165) is 67.0 Å². The first kappa shape index (κ1) is 55.9. The summed E-state index contributed by atoms with van der Waals surface area (Å²) >= 11 is 7.26. The van der Waals surface area contributed by atoms with Gasteiger partial charge in [-0.1, -0.05) is 52.3 Å². The Kier molecular flexibility index (Phi) is 17.2. The van der Waals surface area contributed by atoms with E-state index in [0.29, 0.717) is 49.4 Å². The molecule has 0 spiro atoms. The van der Waals surface area contributed by atoms with E-state index >= 15 is 0 Å². The Morgan fingerprint density at radius 2 is 0.805 bits per heavy atom. The first-order valence-electron chi connectivity index (χ1n) is 28.0.